The van der Waals surface area contributed by atoms with E-state index in [0.717, 1.165) is 16.6 Å². The number of piperazine rings is 1. The number of alkyl halides is 2. The molecule has 150 valence electrons. The summed E-state index contributed by atoms with van der Waals surface area (Å²) in [6.07, 6.45) is 0. The molecule has 1 heterocycles. The van der Waals surface area contributed by atoms with E-state index in [9.17, 15) is 22.4 Å². The fourth-order valence-corrected chi connectivity index (χ4v) is 3.45. The van der Waals surface area contributed by atoms with Gasteiger partial charge in [0.1, 0.15) is 5.75 Å². The first-order chi connectivity index (χ1) is 13.3. The average Bonchev–Trinajstić information content (AvgIpc) is 2.66. The van der Waals surface area contributed by atoms with E-state index in [1.807, 2.05) is 4.90 Å². The molecule has 1 fully saturated rings. The van der Waals surface area contributed by atoms with Crippen LogP contribution >= 0.6 is 15.9 Å². The number of ether oxygens (including phenoxy) is 1. The van der Waals surface area contributed by atoms with Crippen LogP contribution in [0, 0.1) is 11.6 Å². The number of halogens is 5. The highest BCUT2D eigenvalue weighted by atomic mass is 79.9. The van der Waals surface area contributed by atoms with Gasteiger partial charge < -0.3 is 9.64 Å². The number of benzene rings is 2. The Morgan fingerprint density at radius 2 is 1.75 bits per heavy atom. The minimum Gasteiger partial charge on any atom is -0.434 e. The first-order valence-corrected chi connectivity index (χ1v) is 9.32. The molecular formula is C19H17BrF4N2O2. The van der Waals surface area contributed by atoms with Crippen molar-refractivity contribution in [2.24, 2.45) is 0 Å². The van der Waals surface area contributed by atoms with Gasteiger partial charge in [0.2, 0.25) is 0 Å². The normalized spacial score (nSPS) is 15.1. The minimum absolute atomic E-state index is 0.0898. The fourth-order valence-electron chi connectivity index (χ4n) is 3.04. The zero-order valence-corrected chi connectivity index (χ0v) is 16.3. The molecular weight excluding hydrogens is 444 g/mol. The Labute approximate surface area is 167 Å². The largest absolute Gasteiger partial charge is 0.434 e. The van der Waals surface area contributed by atoms with Crippen LogP contribution in [-0.2, 0) is 6.54 Å². The summed E-state index contributed by atoms with van der Waals surface area (Å²) in [6.45, 7) is -0.736. The molecule has 2 aromatic rings. The van der Waals surface area contributed by atoms with Crippen LogP contribution in [0.25, 0.3) is 0 Å². The van der Waals surface area contributed by atoms with E-state index in [2.05, 4.69) is 20.7 Å². The lowest BCUT2D eigenvalue weighted by molar-refractivity contribution is -0.0509. The first-order valence-electron chi connectivity index (χ1n) is 8.53. The smallest absolute Gasteiger partial charge is 0.387 e. The van der Waals surface area contributed by atoms with Gasteiger partial charge in [-0.05, 0) is 36.4 Å². The van der Waals surface area contributed by atoms with Gasteiger partial charge in [0, 0.05) is 48.3 Å². The van der Waals surface area contributed by atoms with Crippen molar-refractivity contribution in [3.63, 3.8) is 0 Å². The number of amides is 1. The molecule has 4 nitrogen and oxygen atoms in total. The van der Waals surface area contributed by atoms with Crippen LogP contribution in [0.3, 0.4) is 0 Å². The summed E-state index contributed by atoms with van der Waals surface area (Å²) in [5.74, 6) is -2.33. The standard InChI is InChI=1S/C19H17BrF4N2O2/c20-14-2-4-17(28-19(23)24)13(9-14)11-25-5-7-26(8-6-25)18(27)12-1-3-15(21)16(22)10-12/h1-4,9-10,19H,5-8,11H2. The van der Waals surface area contributed by atoms with Gasteiger partial charge in [-0.1, -0.05) is 15.9 Å². The molecule has 1 amide bonds. The zero-order chi connectivity index (χ0) is 20.3. The fraction of sp³-hybridized carbons (Fsp3) is 0.316. The lowest BCUT2D eigenvalue weighted by Crippen LogP contribution is -2.48. The second kappa shape index (κ2) is 8.91. The number of nitrogens with zero attached hydrogens (tertiary/aromatic N) is 2. The molecule has 0 aromatic heterocycles. The summed E-state index contributed by atoms with van der Waals surface area (Å²) in [6, 6.07) is 7.89. The number of carbonyl (C=O) groups is 1. The van der Waals surface area contributed by atoms with Gasteiger partial charge in [-0.3, -0.25) is 9.69 Å². The lowest BCUT2D eigenvalue weighted by Gasteiger charge is -2.35. The highest BCUT2D eigenvalue weighted by Crippen LogP contribution is 2.26. The Morgan fingerprint density at radius 3 is 2.39 bits per heavy atom. The summed E-state index contributed by atoms with van der Waals surface area (Å²) >= 11 is 3.32. The first kappa shape index (κ1) is 20.6. The SMILES string of the molecule is O=C(c1ccc(F)c(F)c1)N1CCN(Cc2cc(Br)ccc2OC(F)F)CC1. The molecule has 1 aliphatic heterocycles. The van der Waals surface area contributed by atoms with Gasteiger partial charge >= 0.3 is 6.61 Å². The molecule has 2 aromatic carbocycles. The molecule has 0 aliphatic carbocycles. The van der Waals surface area contributed by atoms with Gasteiger partial charge in [-0.15, -0.1) is 0 Å². The number of carbonyl (C=O) groups excluding carboxylic acids is 1. The van der Waals surface area contributed by atoms with Crippen LogP contribution in [0.5, 0.6) is 5.75 Å². The van der Waals surface area contributed by atoms with Gasteiger partial charge in [-0.25, -0.2) is 8.78 Å². The van der Waals surface area contributed by atoms with Gasteiger partial charge in [0.25, 0.3) is 5.91 Å². The van der Waals surface area contributed by atoms with Crippen LogP contribution < -0.4 is 4.74 Å². The highest BCUT2D eigenvalue weighted by molar-refractivity contribution is 9.10. The Bertz CT molecular complexity index is 858. The quantitative estimate of drug-likeness (QED) is 0.624. The molecule has 1 saturated heterocycles. The van der Waals surface area contributed by atoms with E-state index in [1.165, 1.54) is 12.1 Å². The van der Waals surface area contributed by atoms with Crippen molar-refractivity contribution in [3.05, 3.63) is 63.6 Å². The number of hydrogen-bond acceptors (Lipinski definition) is 3. The summed E-state index contributed by atoms with van der Waals surface area (Å²) in [5.41, 5.74) is 0.696. The molecule has 0 saturated carbocycles. The lowest BCUT2D eigenvalue weighted by atomic mass is 10.1. The third-order valence-corrected chi connectivity index (χ3v) is 4.95. The van der Waals surface area contributed by atoms with Crippen LogP contribution in [0.2, 0.25) is 0 Å². The highest BCUT2D eigenvalue weighted by Gasteiger charge is 2.24. The van der Waals surface area contributed by atoms with Gasteiger partial charge in [-0.2, -0.15) is 8.78 Å². The molecule has 0 N–H and O–H groups in total. The summed E-state index contributed by atoms with van der Waals surface area (Å²) in [7, 11) is 0. The van der Waals surface area contributed by atoms with E-state index < -0.39 is 18.2 Å². The predicted molar refractivity (Wildman–Crippen MR) is 98.3 cm³/mol. The third kappa shape index (κ3) is 5.02. The third-order valence-electron chi connectivity index (χ3n) is 4.46. The Balaban J connectivity index is 1.62. The maximum Gasteiger partial charge on any atom is 0.387 e. The molecule has 9 heteroatoms. The van der Waals surface area contributed by atoms with Gasteiger partial charge in [0.05, 0.1) is 0 Å². The van der Waals surface area contributed by atoms with Crippen LogP contribution in [0.15, 0.2) is 40.9 Å². The van der Waals surface area contributed by atoms with E-state index in [4.69, 9.17) is 0 Å². The number of hydrogen-bond donors (Lipinski definition) is 0. The Kier molecular flexibility index (Phi) is 6.56. The predicted octanol–water partition coefficient (Wildman–Crippen LogP) is 4.29. The zero-order valence-electron chi connectivity index (χ0n) is 14.7. The average molecular weight is 461 g/mol. The second-order valence-electron chi connectivity index (χ2n) is 6.33. The maximum absolute atomic E-state index is 13.3. The molecule has 3 rings (SSSR count). The van der Waals surface area contributed by atoms with E-state index in [1.54, 1.807) is 17.0 Å². The van der Waals surface area contributed by atoms with Crippen molar-refractivity contribution < 1.29 is 27.1 Å². The van der Waals surface area contributed by atoms with E-state index in [-0.39, 0.29) is 17.2 Å². The molecule has 28 heavy (non-hydrogen) atoms. The van der Waals surface area contributed by atoms with Crippen molar-refractivity contribution in [3.8, 4) is 5.75 Å². The van der Waals surface area contributed by atoms with Crippen LogP contribution in [0.4, 0.5) is 17.6 Å². The second-order valence-corrected chi connectivity index (χ2v) is 7.24. The van der Waals surface area contributed by atoms with Crippen molar-refractivity contribution in [2.45, 2.75) is 13.2 Å². The molecule has 0 atom stereocenters. The molecule has 0 bridgehead atoms. The van der Waals surface area contributed by atoms with Crippen LogP contribution in [0.1, 0.15) is 15.9 Å². The van der Waals surface area contributed by atoms with E-state index >= 15 is 0 Å². The number of rotatable bonds is 5. The molecule has 1 aliphatic rings. The van der Waals surface area contributed by atoms with Gasteiger partial charge in [0.15, 0.2) is 11.6 Å². The molecule has 0 radical (unpaired) electrons. The summed E-state index contributed by atoms with van der Waals surface area (Å²) < 4.78 is 56.9. The Hall–Kier alpha value is -2.13. The Morgan fingerprint density at radius 1 is 1.04 bits per heavy atom. The molecule has 0 unspecified atom stereocenters. The van der Waals surface area contributed by atoms with E-state index in [0.29, 0.717) is 38.3 Å². The van der Waals surface area contributed by atoms with Crippen molar-refractivity contribution in [1.82, 2.24) is 9.80 Å². The molecule has 0 spiro atoms. The van der Waals surface area contributed by atoms with Crippen LogP contribution in [-0.4, -0.2) is 48.5 Å². The van der Waals surface area contributed by atoms with Crippen molar-refractivity contribution in [2.75, 3.05) is 26.2 Å². The minimum atomic E-state index is -2.91. The van der Waals surface area contributed by atoms with Crippen molar-refractivity contribution >= 4 is 21.8 Å². The van der Waals surface area contributed by atoms with Crippen molar-refractivity contribution in [1.29, 1.82) is 0 Å². The maximum atomic E-state index is 13.3. The topological polar surface area (TPSA) is 32.8 Å². The summed E-state index contributed by atoms with van der Waals surface area (Å²) in [4.78, 5) is 16.0. The summed E-state index contributed by atoms with van der Waals surface area (Å²) in [5, 5.41) is 0. The monoisotopic (exact) mass is 460 g/mol.